The van der Waals surface area contributed by atoms with E-state index in [-0.39, 0.29) is 11.9 Å². The molecule has 0 fully saturated rings. The molecule has 0 saturated carbocycles. The van der Waals surface area contributed by atoms with Crippen molar-refractivity contribution < 1.29 is 9.53 Å². The monoisotopic (exact) mass is 263 g/mol. The number of aromatic nitrogens is 3. The van der Waals surface area contributed by atoms with Crippen molar-refractivity contribution in [2.24, 2.45) is 0 Å². The average molecular weight is 263 g/mol. The Labute approximate surface area is 109 Å². The number of carbonyl (C=O) groups excluding carboxylic acids is 1. The molecular formula is C12H13N3O2S. The van der Waals surface area contributed by atoms with E-state index in [0.717, 1.165) is 11.5 Å². The molecule has 0 aliphatic rings. The Morgan fingerprint density at radius 2 is 2.17 bits per heavy atom. The van der Waals surface area contributed by atoms with Gasteiger partial charge < -0.3 is 4.74 Å². The van der Waals surface area contributed by atoms with Crippen LogP contribution in [0.4, 0.5) is 0 Å². The van der Waals surface area contributed by atoms with Crippen molar-refractivity contribution in [2.75, 3.05) is 0 Å². The fourth-order valence-corrected chi connectivity index (χ4v) is 2.07. The Bertz CT molecular complexity index is 566. The van der Waals surface area contributed by atoms with Gasteiger partial charge in [-0.2, -0.15) is 0 Å². The maximum Gasteiger partial charge on any atom is 0.208 e. The van der Waals surface area contributed by atoms with E-state index in [1.165, 1.54) is 6.20 Å². The molecule has 2 aromatic heterocycles. The van der Waals surface area contributed by atoms with E-state index in [0.29, 0.717) is 21.9 Å². The summed E-state index contributed by atoms with van der Waals surface area (Å²) in [6, 6.07) is 1.69. The summed E-state index contributed by atoms with van der Waals surface area (Å²) in [5.74, 6) is 0.468. The minimum atomic E-state index is -0.121. The third-order valence-corrected chi connectivity index (χ3v) is 3.03. The van der Waals surface area contributed by atoms with Gasteiger partial charge in [0.1, 0.15) is 10.6 Å². The zero-order chi connectivity index (χ0) is 13.1. The molecule has 2 aromatic rings. The lowest BCUT2D eigenvalue weighted by Gasteiger charge is -2.09. The van der Waals surface area contributed by atoms with Crippen LogP contribution >= 0.6 is 11.5 Å². The molecule has 6 heteroatoms. The Balaban J connectivity index is 2.29. The lowest BCUT2D eigenvalue weighted by Crippen LogP contribution is -2.07. The van der Waals surface area contributed by atoms with Crippen molar-refractivity contribution >= 4 is 17.3 Å². The molecular weight excluding hydrogens is 250 g/mol. The van der Waals surface area contributed by atoms with Gasteiger partial charge in [0.05, 0.1) is 18.0 Å². The van der Waals surface area contributed by atoms with Gasteiger partial charge in [-0.15, -0.1) is 5.10 Å². The second-order valence-electron chi connectivity index (χ2n) is 4.09. The maximum absolute atomic E-state index is 12.2. The van der Waals surface area contributed by atoms with Gasteiger partial charge in [-0.3, -0.25) is 9.78 Å². The van der Waals surface area contributed by atoms with Gasteiger partial charge in [0.15, 0.2) is 0 Å². The zero-order valence-corrected chi connectivity index (χ0v) is 11.2. The van der Waals surface area contributed by atoms with Crippen LogP contribution in [0.2, 0.25) is 0 Å². The number of pyridine rings is 1. The second-order valence-corrected chi connectivity index (χ2v) is 4.85. The van der Waals surface area contributed by atoms with Crippen molar-refractivity contribution in [3.05, 3.63) is 34.6 Å². The van der Waals surface area contributed by atoms with Gasteiger partial charge in [-0.05, 0) is 38.4 Å². The standard InChI is InChI=1S/C12H13N3O2S/c1-7(2)17-10-4-9(5-13-6-10)11(16)12-8(3)14-15-18-12/h4-7H,1-3H3. The molecule has 2 heterocycles. The highest BCUT2D eigenvalue weighted by atomic mass is 32.1. The first-order valence-electron chi connectivity index (χ1n) is 5.53. The van der Waals surface area contributed by atoms with Crippen LogP contribution in [0.5, 0.6) is 5.75 Å². The van der Waals surface area contributed by atoms with Gasteiger partial charge in [0, 0.05) is 11.8 Å². The summed E-state index contributed by atoms with van der Waals surface area (Å²) in [6.45, 7) is 5.61. The van der Waals surface area contributed by atoms with Crippen molar-refractivity contribution in [1.82, 2.24) is 14.6 Å². The molecule has 0 aliphatic heterocycles. The van der Waals surface area contributed by atoms with Crippen molar-refractivity contribution in [3.8, 4) is 5.75 Å². The van der Waals surface area contributed by atoms with Gasteiger partial charge in [-0.25, -0.2) is 0 Å². The first-order valence-corrected chi connectivity index (χ1v) is 6.30. The molecule has 0 amide bonds. The minimum Gasteiger partial charge on any atom is -0.489 e. The molecule has 0 bridgehead atoms. The summed E-state index contributed by atoms with van der Waals surface area (Å²) < 4.78 is 9.27. The SMILES string of the molecule is Cc1nnsc1C(=O)c1cncc(OC(C)C)c1. The third-order valence-electron chi connectivity index (χ3n) is 2.20. The average Bonchev–Trinajstić information content (AvgIpc) is 2.74. The zero-order valence-electron chi connectivity index (χ0n) is 10.4. The molecule has 0 spiro atoms. The Kier molecular flexibility index (Phi) is 3.66. The predicted molar refractivity (Wildman–Crippen MR) is 68.1 cm³/mol. The van der Waals surface area contributed by atoms with Crippen LogP contribution in [0.15, 0.2) is 18.5 Å². The summed E-state index contributed by atoms with van der Waals surface area (Å²) in [5.41, 5.74) is 1.13. The van der Waals surface area contributed by atoms with E-state index < -0.39 is 0 Å². The number of ether oxygens (including phenoxy) is 1. The van der Waals surface area contributed by atoms with Crippen molar-refractivity contribution in [2.45, 2.75) is 26.9 Å². The Morgan fingerprint density at radius 1 is 1.39 bits per heavy atom. The van der Waals surface area contributed by atoms with Gasteiger partial charge in [0.25, 0.3) is 0 Å². The van der Waals surface area contributed by atoms with Crippen LogP contribution in [0, 0.1) is 6.92 Å². The minimum absolute atomic E-state index is 0.0453. The first kappa shape index (κ1) is 12.6. The van der Waals surface area contributed by atoms with Crippen LogP contribution in [-0.4, -0.2) is 26.5 Å². The predicted octanol–water partition coefficient (Wildman–Crippen LogP) is 2.26. The summed E-state index contributed by atoms with van der Waals surface area (Å²) >= 11 is 1.09. The highest BCUT2D eigenvalue weighted by molar-refractivity contribution is 7.08. The van der Waals surface area contributed by atoms with E-state index in [4.69, 9.17) is 4.74 Å². The molecule has 5 nitrogen and oxygen atoms in total. The molecule has 0 aliphatic carbocycles. The number of ketones is 1. The molecule has 0 unspecified atom stereocenters. The molecule has 0 aromatic carbocycles. The number of aryl methyl sites for hydroxylation is 1. The fourth-order valence-electron chi connectivity index (χ4n) is 1.45. The quantitative estimate of drug-likeness (QED) is 0.792. The van der Waals surface area contributed by atoms with E-state index in [1.54, 1.807) is 19.2 Å². The van der Waals surface area contributed by atoms with Crippen LogP contribution in [0.1, 0.15) is 34.8 Å². The fraction of sp³-hybridized carbons (Fsp3) is 0.333. The smallest absolute Gasteiger partial charge is 0.208 e. The lowest BCUT2D eigenvalue weighted by molar-refractivity contribution is 0.104. The van der Waals surface area contributed by atoms with Crippen LogP contribution in [0.3, 0.4) is 0 Å². The molecule has 94 valence electrons. The van der Waals surface area contributed by atoms with E-state index in [1.807, 2.05) is 13.8 Å². The van der Waals surface area contributed by atoms with Crippen LogP contribution in [0.25, 0.3) is 0 Å². The number of hydrogen-bond acceptors (Lipinski definition) is 6. The third kappa shape index (κ3) is 2.70. The summed E-state index contributed by atoms with van der Waals surface area (Å²) in [4.78, 5) is 16.8. The molecule has 2 rings (SSSR count). The Morgan fingerprint density at radius 3 is 2.78 bits per heavy atom. The van der Waals surface area contributed by atoms with Gasteiger partial charge in [-0.1, -0.05) is 4.49 Å². The molecule has 18 heavy (non-hydrogen) atoms. The highest BCUT2D eigenvalue weighted by Crippen LogP contribution is 2.19. The topological polar surface area (TPSA) is 65.0 Å². The molecule has 0 atom stereocenters. The maximum atomic E-state index is 12.2. The lowest BCUT2D eigenvalue weighted by atomic mass is 10.1. The number of rotatable bonds is 4. The van der Waals surface area contributed by atoms with Gasteiger partial charge in [0.2, 0.25) is 5.78 Å². The normalized spacial score (nSPS) is 10.7. The molecule has 0 saturated heterocycles. The summed E-state index contributed by atoms with van der Waals surface area (Å²) in [6.07, 6.45) is 3.16. The first-order chi connectivity index (χ1) is 8.58. The van der Waals surface area contributed by atoms with E-state index in [9.17, 15) is 4.79 Å². The molecule has 0 N–H and O–H groups in total. The van der Waals surface area contributed by atoms with Crippen LogP contribution < -0.4 is 4.74 Å². The van der Waals surface area contributed by atoms with E-state index in [2.05, 4.69) is 14.6 Å². The van der Waals surface area contributed by atoms with E-state index >= 15 is 0 Å². The molecule has 0 radical (unpaired) electrons. The Hall–Kier alpha value is -1.82. The van der Waals surface area contributed by atoms with Gasteiger partial charge >= 0.3 is 0 Å². The van der Waals surface area contributed by atoms with Crippen LogP contribution in [-0.2, 0) is 0 Å². The van der Waals surface area contributed by atoms with Crippen molar-refractivity contribution in [1.29, 1.82) is 0 Å². The largest absolute Gasteiger partial charge is 0.489 e. The highest BCUT2D eigenvalue weighted by Gasteiger charge is 2.16. The van der Waals surface area contributed by atoms with Crippen molar-refractivity contribution in [3.63, 3.8) is 0 Å². The summed E-state index contributed by atoms with van der Waals surface area (Å²) in [7, 11) is 0. The number of nitrogens with zero attached hydrogens (tertiary/aromatic N) is 3. The summed E-state index contributed by atoms with van der Waals surface area (Å²) in [5, 5.41) is 3.83. The number of carbonyl (C=O) groups is 1. The second kappa shape index (κ2) is 5.22. The number of hydrogen-bond donors (Lipinski definition) is 0.